The van der Waals surface area contributed by atoms with E-state index in [-0.39, 0.29) is 53.9 Å². The second-order valence-electron chi connectivity index (χ2n) is 10.7. The van der Waals surface area contributed by atoms with Gasteiger partial charge in [-0.25, -0.2) is 8.42 Å². The molecule has 0 aliphatic carbocycles. The standard InChI is InChI=1S/C26H33ClN6O5S2/c1-16(2)32-8-5-18(6-9-32)29-25(34)20-12-21(26(35)28-13-17-7-10-40(36,37)15-17)33(30-20)14-19-11-22(38-31-19)23-3-4-24(27)39-23/h3-4,11-12,16-18H,5-10,13-15H2,1-2H3,(H,28,35)(H,29,34). The summed E-state index contributed by atoms with van der Waals surface area (Å²) < 4.78 is 31.2. The van der Waals surface area contributed by atoms with Crippen LogP contribution in [0.3, 0.4) is 0 Å². The molecular formula is C26H33ClN6O5S2. The van der Waals surface area contributed by atoms with Crippen molar-refractivity contribution in [3.63, 3.8) is 0 Å². The molecule has 2 aliphatic rings. The highest BCUT2D eigenvalue weighted by Crippen LogP contribution is 2.31. The average molecular weight is 609 g/mol. The van der Waals surface area contributed by atoms with Crippen LogP contribution in [-0.2, 0) is 16.4 Å². The maximum absolute atomic E-state index is 13.2. The van der Waals surface area contributed by atoms with Gasteiger partial charge in [0.15, 0.2) is 21.3 Å². The van der Waals surface area contributed by atoms with Gasteiger partial charge in [0, 0.05) is 43.9 Å². The lowest BCUT2D eigenvalue weighted by Crippen LogP contribution is -2.46. The van der Waals surface area contributed by atoms with Gasteiger partial charge in [0.2, 0.25) is 0 Å². The second-order valence-corrected chi connectivity index (χ2v) is 14.7. The van der Waals surface area contributed by atoms with Crippen LogP contribution in [-0.4, -0.2) is 83.3 Å². The molecule has 2 saturated heterocycles. The van der Waals surface area contributed by atoms with Gasteiger partial charge >= 0.3 is 0 Å². The summed E-state index contributed by atoms with van der Waals surface area (Å²) in [6.07, 6.45) is 2.20. The Morgan fingerprint density at radius 1 is 1.18 bits per heavy atom. The molecule has 0 radical (unpaired) electrons. The lowest BCUT2D eigenvalue weighted by molar-refractivity contribution is 0.0893. The predicted octanol–water partition coefficient (Wildman–Crippen LogP) is 3.07. The highest BCUT2D eigenvalue weighted by atomic mass is 35.5. The molecule has 11 nitrogen and oxygen atoms in total. The zero-order valence-electron chi connectivity index (χ0n) is 22.4. The van der Waals surface area contributed by atoms with Gasteiger partial charge in [-0.3, -0.25) is 14.3 Å². The lowest BCUT2D eigenvalue weighted by Gasteiger charge is -2.34. The predicted molar refractivity (Wildman–Crippen MR) is 152 cm³/mol. The Morgan fingerprint density at radius 2 is 1.95 bits per heavy atom. The van der Waals surface area contributed by atoms with E-state index >= 15 is 0 Å². The van der Waals surface area contributed by atoms with Gasteiger partial charge in [-0.2, -0.15) is 5.10 Å². The van der Waals surface area contributed by atoms with Crippen molar-refractivity contribution in [2.45, 2.75) is 51.7 Å². The van der Waals surface area contributed by atoms with E-state index in [1.807, 2.05) is 6.07 Å². The number of hydrogen-bond acceptors (Lipinski definition) is 9. The van der Waals surface area contributed by atoms with Crippen molar-refractivity contribution in [2.24, 2.45) is 5.92 Å². The van der Waals surface area contributed by atoms with Crippen LogP contribution in [0, 0.1) is 5.92 Å². The molecule has 3 aromatic rings. The Balaban J connectivity index is 1.31. The summed E-state index contributed by atoms with van der Waals surface area (Å²) in [6.45, 7) is 6.47. The quantitative estimate of drug-likeness (QED) is 0.378. The van der Waals surface area contributed by atoms with E-state index in [9.17, 15) is 18.0 Å². The van der Waals surface area contributed by atoms with Crippen molar-refractivity contribution >= 4 is 44.6 Å². The third kappa shape index (κ3) is 6.93. The number of amides is 2. The van der Waals surface area contributed by atoms with Crippen LogP contribution in [0.25, 0.3) is 10.6 Å². The van der Waals surface area contributed by atoms with Gasteiger partial charge in [-0.15, -0.1) is 11.3 Å². The summed E-state index contributed by atoms with van der Waals surface area (Å²) in [4.78, 5) is 29.6. The molecule has 0 aromatic carbocycles. The van der Waals surface area contributed by atoms with Crippen molar-refractivity contribution in [1.82, 2.24) is 30.5 Å². The van der Waals surface area contributed by atoms with Crippen LogP contribution in [0.5, 0.6) is 0 Å². The largest absolute Gasteiger partial charge is 0.355 e. The van der Waals surface area contributed by atoms with Crippen molar-refractivity contribution in [3.8, 4) is 10.6 Å². The molecule has 2 N–H and O–H groups in total. The van der Waals surface area contributed by atoms with E-state index in [1.165, 1.54) is 22.1 Å². The summed E-state index contributed by atoms with van der Waals surface area (Å²) >= 11 is 7.40. The number of sulfone groups is 1. The van der Waals surface area contributed by atoms with Crippen LogP contribution in [0.4, 0.5) is 0 Å². The first kappa shape index (κ1) is 28.8. The van der Waals surface area contributed by atoms with E-state index < -0.39 is 15.7 Å². The summed E-state index contributed by atoms with van der Waals surface area (Å²) in [5.74, 6) is -0.180. The third-order valence-electron chi connectivity index (χ3n) is 7.41. The molecule has 1 atom stereocenters. The number of thiophene rings is 1. The summed E-state index contributed by atoms with van der Waals surface area (Å²) in [5, 5.41) is 14.5. The minimum Gasteiger partial charge on any atom is -0.355 e. The maximum Gasteiger partial charge on any atom is 0.272 e. The highest BCUT2D eigenvalue weighted by molar-refractivity contribution is 7.91. The summed E-state index contributed by atoms with van der Waals surface area (Å²) in [7, 11) is -3.06. The number of likely N-dealkylation sites (tertiary alicyclic amines) is 1. The zero-order chi connectivity index (χ0) is 28.4. The van der Waals surface area contributed by atoms with Crippen LogP contribution in [0.1, 0.15) is 59.8 Å². The molecular weight excluding hydrogens is 576 g/mol. The minimum atomic E-state index is -3.06. The SMILES string of the molecule is CC(C)N1CCC(NC(=O)c2cc(C(=O)NCC3CCS(=O)(=O)C3)n(Cc3cc(-c4ccc(Cl)s4)on3)n2)CC1. The Hall–Kier alpha value is -2.74. The van der Waals surface area contributed by atoms with E-state index in [0.717, 1.165) is 30.8 Å². The zero-order valence-corrected chi connectivity index (χ0v) is 24.8. The molecule has 3 aromatic heterocycles. The topological polar surface area (TPSA) is 139 Å². The number of piperidine rings is 1. The first-order valence-corrected chi connectivity index (χ1v) is 16.4. The Bertz CT molecular complexity index is 1470. The van der Waals surface area contributed by atoms with Crippen molar-refractivity contribution in [2.75, 3.05) is 31.1 Å². The maximum atomic E-state index is 13.2. The lowest BCUT2D eigenvalue weighted by atomic mass is 10.0. The second kappa shape index (κ2) is 12.0. The number of nitrogens with zero attached hydrogens (tertiary/aromatic N) is 4. The number of hydrogen-bond donors (Lipinski definition) is 2. The van der Waals surface area contributed by atoms with Gasteiger partial charge in [-0.1, -0.05) is 16.8 Å². The normalized spacial score (nSPS) is 19.8. The van der Waals surface area contributed by atoms with Crippen LogP contribution >= 0.6 is 22.9 Å². The summed E-state index contributed by atoms with van der Waals surface area (Å²) in [5.41, 5.74) is 0.838. The Kier molecular flexibility index (Phi) is 8.64. The Morgan fingerprint density at radius 3 is 2.60 bits per heavy atom. The van der Waals surface area contributed by atoms with Gasteiger partial charge in [0.1, 0.15) is 11.4 Å². The number of aromatic nitrogens is 3. The van der Waals surface area contributed by atoms with Gasteiger partial charge in [0.05, 0.1) is 27.3 Å². The number of nitrogens with one attached hydrogen (secondary N) is 2. The monoisotopic (exact) mass is 608 g/mol. The molecule has 1 unspecified atom stereocenters. The molecule has 14 heteroatoms. The van der Waals surface area contributed by atoms with E-state index in [2.05, 4.69) is 39.6 Å². The molecule has 2 amide bonds. The highest BCUT2D eigenvalue weighted by Gasteiger charge is 2.29. The van der Waals surface area contributed by atoms with E-state index in [0.29, 0.717) is 28.3 Å². The summed E-state index contributed by atoms with van der Waals surface area (Å²) in [6, 6.07) is 7.32. The molecule has 0 saturated carbocycles. The number of rotatable bonds is 9. The van der Waals surface area contributed by atoms with Crippen LogP contribution in [0.15, 0.2) is 28.8 Å². The van der Waals surface area contributed by atoms with Gasteiger partial charge < -0.3 is 20.1 Å². The fourth-order valence-corrected chi connectivity index (χ4v) is 7.97. The Labute approximate surface area is 242 Å². The fraction of sp³-hybridized carbons (Fsp3) is 0.538. The van der Waals surface area contributed by atoms with E-state index in [1.54, 1.807) is 12.1 Å². The van der Waals surface area contributed by atoms with Crippen molar-refractivity contribution in [3.05, 3.63) is 45.7 Å². The first-order valence-electron chi connectivity index (χ1n) is 13.4. The number of carbonyl (C=O) groups excluding carboxylic acids is 2. The molecule has 5 rings (SSSR count). The molecule has 40 heavy (non-hydrogen) atoms. The molecule has 5 heterocycles. The van der Waals surface area contributed by atoms with Gasteiger partial charge in [0.25, 0.3) is 11.8 Å². The third-order valence-corrected chi connectivity index (χ3v) is 10.5. The first-order chi connectivity index (χ1) is 19.1. The van der Waals surface area contributed by atoms with Crippen molar-refractivity contribution in [1.29, 1.82) is 0 Å². The van der Waals surface area contributed by atoms with E-state index in [4.69, 9.17) is 16.1 Å². The van der Waals surface area contributed by atoms with Gasteiger partial charge in [-0.05, 0) is 51.2 Å². The molecule has 0 bridgehead atoms. The molecule has 2 fully saturated rings. The molecule has 2 aliphatic heterocycles. The smallest absolute Gasteiger partial charge is 0.272 e. The number of halogens is 1. The average Bonchev–Trinajstić information content (AvgIpc) is 3.70. The van der Waals surface area contributed by atoms with Crippen LogP contribution < -0.4 is 10.6 Å². The molecule has 0 spiro atoms. The van der Waals surface area contributed by atoms with Crippen LogP contribution in [0.2, 0.25) is 4.34 Å². The fourth-order valence-electron chi connectivity index (χ4n) is 5.11. The minimum absolute atomic E-state index is 0.0324. The number of carbonyl (C=O) groups is 2. The molecule has 216 valence electrons. The van der Waals surface area contributed by atoms with Crippen molar-refractivity contribution < 1.29 is 22.5 Å².